The lowest BCUT2D eigenvalue weighted by atomic mass is 10.2. The summed E-state index contributed by atoms with van der Waals surface area (Å²) in [5.41, 5.74) is 0. The van der Waals surface area contributed by atoms with Crippen LogP contribution in [0, 0.1) is 0 Å². The second kappa shape index (κ2) is 6.23. The van der Waals surface area contributed by atoms with Crippen LogP contribution in [0.4, 0.5) is 4.79 Å². The zero-order valence-electron chi connectivity index (χ0n) is 10.6. The van der Waals surface area contributed by atoms with Gasteiger partial charge in [0.1, 0.15) is 12.6 Å². The fourth-order valence-corrected chi connectivity index (χ4v) is 1.87. The molecule has 1 rings (SSSR count). The Labute approximate surface area is 106 Å². The highest BCUT2D eigenvalue weighted by atomic mass is 16.4. The van der Waals surface area contributed by atoms with E-state index in [0.717, 1.165) is 17.7 Å². The molecule has 0 saturated carbocycles. The first kappa shape index (κ1) is 14.3. The molecule has 0 aromatic rings. The Morgan fingerprint density at radius 2 is 2.28 bits per heavy atom. The van der Waals surface area contributed by atoms with Crippen LogP contribution in [-0.4, -0.2) is 53.1 Å². The predicted molar refractivity (Wildman–Crippen MR) is 64.0 cm³/mol. The Kier molecular flexibility index (Phi) is 4.94. The van der Waals surface area contributed by atoms with Crippen molar-refractivity contribution in [1.82, 2.24) is 15.5 Å². The minimum absolute atomic E-state index is 0.0399. The molecule has 0 aromatic carbocycles. The van der Waals surface area contributed by atoms with Crippen molar-refractivity contribution in [3.05, 3.63) is 0 Å². The van der Waals surface area contributed by atoms with Gasteiger partial charge >= 0.3 is 12.0 Å². The summed E-state index contributed by atoms with van der Waals surface area (Å²) in [5.74, 6) is -1.46. The van der Waals surface area contributed by atoms with Crippen molar-refractivity contribution < 1.29 is 19.5 Å². The van der Waals surface area contributed by atoms with Crippen LogP contribution in [0.2, 0.25) is 0 Å². The molecule has 0 bridgehead atoms. The van der Waals surface area contributed by atoms with Gasteiger partial charge in [0.2, 0.25) is 5.91 Å². The van der Waals surface area contributed by atoms with Crippen molar-refractivity contribution in [2.24, 2.45) is 0 Å². The van der Waals surface area contributed by atoms with E-state index in [-0.39, 0.29) is 25.0 Å². The van der Waals surface area contributed by atoms with Gasteiger partial charge in [0, 0.05) is 12.6 Å². The topological polar surface area (TPSA) is 98.7 Å². The number of carbonyl (C=O) groups is 3. The fourth-order valence-electron chi connectivity index (χ4n) is 1.87. The van der Waals surface area contributed by atoms with Gasteiger partial charge in [-0.25, -0.2) is 9.59 Å². The average Bonchev–Trinajstić information content (AvgIpc) is 2.28. The predicted octanol–water partition coefficient (Wildman–Crippen LogP) is -0.230. The van der Waals surface area contributed by atoms with E-state index in [4.69, 9.17) is 5.11 Å². The number of carbonyl (C=O) groups excluding carboxylic acids is 2. The molecule has 0 radical (unpaired) electrons. The van der Waals surface area contributed by atoms with Gasteiger partial charge in [-0.2, -0.15) is 0 Å². The summed E-state index contributed by atoms with van der Waals surface area (Å²) < 4.78 is 0. The third kappa shape index (κ3) is 3.61. The molecule has 18 heavy (non-hydrogen) atoms. The minimum Gasteiger partial charge on any atom is -0.480 e. The van der Waals surface area contributed by atoms with Crippen molar-refractivity contribution in [1.29, 1.82) is 0 Å². The molecular weight excluding hydrogens is 238 g/mol. The van der Waals surface area contributed by atoms with Crippen LogP contribution in [-0.2, 0) is 9.59 Å². The lowest BCUT2D eigenvalue weighted by Crippen LogP contribution is -2.62. The summed E-state index contributed by atoms with van der Waals surface area (Å²) in [7, 11) is 0. The molecular formula is C11H19N3O4. The molecule has 1 aliphatic rings. The van der Waals surface area contributed by atoms with Crippen LogP contribution in [0.5, 0.6) is 0 Å². The maximum Gasteiger partial charge on any atom is 0.328 e. The minimum atomic E-state index is -1.12. The molecule has 2 unspecified atom stereocenters. The van der Waals surface area contributed by atoms with Crippen LogP contribution >= 0.6 is 0 Å². The van der Waals surface area contributed by atoms with E-state index in [1.165, 1.54) is 0 Å². The van der Waals surface area contributed by atoms with E-state index in [1.54, 1.807) is 0 Å². The first-order valence-corrected chi connectivity index (χ1v) is 6.02. The van der Waals surface area contributed by atoms with Crippen LogP contribution in [0.3, 0.4) is 0 Å². The molecule has 7 nitrogen and oxygen atoms in total. The van der Waals surface area contributed by atoms with Crippen molar-refractivity contribution >= 4 is 17.9 Å². The maximum absolute atomic E-state index is 11.9. The summed E-state index contributed by atoms with van der Waals surface area (Å²) in [4.78, 5) is 35.2. The normalized spacial score (nSPS) is 21.1. The molecule has 2 atom stereocenters. The number of hydrogen-bond donors (Lipinski definition) is 3. The Morgan fingerprint density at radius 1 is 1.61 bits per heavy atom. The third-order valence-electron chi connectivity index (χ3n) is 2.82. The molecule has 3 amide bonds. The molecule has 0 spiro atoms. The smallest absolute Gasteiger partial charge is 0.328 e. The zero-order valence-corrected chi connectivity index (χ0v) is 10.6. The molecule has 1 aliphatic heterocycles. The van der Waals surface area contributed by atoms with Gasteiger partial charge in [-0.1, -0.05) is 13.3 Å². The fraction of sp³-hybridized carbons (Fsp3) is 0.727. The van der Waals surface area contributed by atoms with Crippen molar-refractivity contribution in [2.45, 2.75) is 38.8 Å². The van der Waals surface area contributed by atoms with E-state index in [1.807, 2.05) is 13.8 Å². The Bertz CT molecular complexity index is 345. The van der Waals surface area contributed by atoms with Gasteiger partial charge in [0.15, 0.2) is 0 Å². The highest BCUT2D eigenvalue weighted by Crippen LogP contribution is 2.06. The second-order valence-electron chi connectivity index (χ2n) is 4.43. The van der Waals surface area contributed by atoms with E-state index >= 15 is 0 Å². The SMILES string of the molecule is CCCC(C)NC(=O)N1CC(=O)NCC1C(=O)O. The number of rotatable bonds is 4. The largest absolute Gasteiger partial charge is 0.480 e. The van der Waals surface area contributed by atoms with Gasteiger partial charge in [-0.15, -0.1) is 0 Å². The van der Waals surface area contributed by atoms with E-state index in [9.17, 15) is 14.4 Å². The molecule has 102 valence electrons. The molecule has 0 aromatic heterocycles. The van der Waals surface area contributed by atoms with Crippen LogP contribution < -0.4 is 10.6 Å². The maximum atomic E-state index is 11.9. The molecule has 3 N–H and O–H groups in total. The number of piperazine rings is 1. The monoisotopic (exact) mass is 257 g/mol. The summed E-state index contributed by atoms with van der Waals surface area (Å²) in [5, 5.41) is 14.1. The molecule has 7 heteroatoms. The number of carboxylic acid groups (broad SMARTS) is 1. The van der Waals surface area contributed by atoms with Gasteiger partial charge in [-0.05, 0) is 13.3 Å². The molecule has 0 aliphatic carbocycles. The lowest BCUT2D eigenvalue weighted by Gasteiger charge is -2.33. The van der Waals surface area contributed by atoms with Crippen molar-refractivity contribution in [2.75, 3.05) is 13.1 Å². The number of carboxylic acids is 1. The quantitative estimate of drug-likeness (QED) is 0.647. The van der Waals surface area contributed by atoms with Crippen LogP contribution in [0.25, 0.3) is 0 Å². The van der Waals surface area contributed by atoms with Gasteiger partial charge in [0.05, 0.1) is 0 Å². The lowest BCUT2D eigenvalue weighted by molar-refractivity contribution is -0.144. The zero-order chi connectivity index (χ0) is 13.7. The van der Waals surface area contributed by atoms with Crippen molar-refractivity contribution in [3.63, 3.8) is 0 Å². The second-order valence-corrected chi connectivity index (χ2v) is 4.43. The van der Waals surface area contributed by atoms with Gasteiger partial charge < -0.3 is 15.7 Å². The van der Waals surface area contributed by atoms with Gasteiger partial charge in [-0.3, -0.25) is 9.69 Å². The first-order valence-electron chi connectivity index (χ1n) is 6.02. The number of urea groups is 1. The van der Waals surface area contributed by atoms with Gasteiger partial charge in [0.25, 0.3) is 0 Å². The highest BCUT2D eigenvalue weighted by molar-refractivity contribution is 5.90. The Morgan fingerprint density at radius 3 is 2.83 bits per heavy atom. The Balaban J connectivity index is 2.66. The van der Waals surface area contributed by atoms with E-state index in [0.29, 0.717) is 0 Å². The summed E-state index contributed by atoms with van der Waals surface area (Å²) in [6.45, 7) is 3.57. The Hall–Kier alpha value is -1.79. The summed E-state index contributed by atoms with van der Waals surface area (Å²) in [6, 6.07) is -1.54. The molecule has 1 heterocycles. The standard InChI is InChI=1S/C11H19N3O4/c1-3-4-7(2)13-11(18)14-6-9(15)12-5-8(14)10(16)17/h7-8H,3-6H2,1-2H3,(H,12,15)(H,13,18)(H,16,17). The third-order valence-corrected chi connectivity index (χ3v) is 2.82. The average molecular weight is 257 g/mol. The van der Waals surface area contributed by atoms with E-state index in [2.05, 4.69) is 10.6 Å². The number of nitrogens with one attached hydrogen (secondary N) is 2. The summed E-state index contributed by atoms with van der Waals surface area (Å²) >= 11 is 0. The number of amides is 3. The first-order chi connectivity index (χ1) is 8.45. The highest BCUT2D eigenvalue weighted by Gasteiger charge is 2.35. The van der Waals surface area contributed by atoms with Crippen LogP contribution in [0.1, 0.15) is 26.7 Å². The molecule has 1 fully saturated rings. The van der Waals surface area contributed by atoms with E-state index < -0.39 is 18.0 Å². The molecule has 1 saturated heterocycles. The number of nitrogens with zero attached hydrogens (tertiary/aromatic N) is 1. The number of aliphatic carboxylic acids is 1. The number of hydrogen-bond acceptors (Lipinski definition) is 3. The summed E-state index contributed by atoms with van der Waals surface area (Å²) in [6.07, 6.45) is 1.73. The van der Waals surface area contributed by atoms with Crippen molar-refractivity contribution in [3.8, 4) is 0 Å². The van der Waals surface area contributed by atoms with Crippen LogP contribution in [0.15, 0.2) is 0 Å².